The summed E-state index contributed by atoms with van der Waals surface area (Å²) in [6.45, 7) is 6.27. The largest absolute Gasteiger partial charge is 0.496 e. The molecular weight excluding hydrogens is 490 g/mol. The number of ether oxygens (including phenoxy) is 2. The molecule has 0 radical (unpaired) electrons. The van der Waals surface area contributed by atoms with Crippen molar-refractivity contribution in [1.29, 1.82) is 0 Å². The average molecular weight is 528 g/mol. The third kappa shape index (κ3) is 5.80. The fraction of sp³-hybridized carbons (Fsp3) is 0.533. The zero-order valence-electron chi connectivity index (χ0n) is 22.2. The molecule has 0 aromatic heterocycles. The molecule has 2 fully saturated rings. The first kappa shape index (κ1) is 27.5. The number of halogens is 1. The van der Waals surface area contributed by atoms with Crippen LogP contribution in [0.25, 0.3) is 0 Å². The van der Waals surface area contributed by atoms with Gasteiger partial charge < -0.3 is 19.5 Å². The zero-order valence-corrected chi connectivity index (χ0v) is 22.9. The topological polar surface area (TPSA) is 76.1 Å². The molecule has 1 saturated heterocycles. The summed E-state index contributed by atoms with van der Waals surface area (Å²) in [7, 11) is 1.60. The van der Waals surface area contributed by atoms with E-state index in [9.17, 15) is 14.7 Å². The van der Waals surface area contributed by atoms with Crippen LogP contribution in [-0.4, -0.2) is 41.1 Å². The van der Waals surface area contributed by atoms with Crippen LogP contribution in [0.3, 0.4) is 0 Å². The molecule has 6 nitrogen and oxygen atoms in total. The lowest BCUT2D eigenvalue weighted by Gasteiger charge is -2.35. The maximum Gasteiger partial charge on any atom is 0.326 e. The van der Waals surface area contributed by atoms with Gasteiger partial charge in [0, 0.05) is 22.4 Å². The van der Waals surface area contributed by atoms with Crippen molar-refractivity contribution in [2.75, 3.05) is 7.11 Å². The van der Waals surface area contributed by atoms with Crippen LogP contribution in [0.2, 0.25) is 5.02 Å². The molecule has 0 spiro atoms. The van der Waals surface area contributed by atoms with Crippen LogP contribution in [0.1, 0.15) is 70.0 Å². The van der Waals surface area contributed by atoms with E-state index in [2.05, 4.69) is 0 Å². The lowest BCUT2D eigenvalue weighted by Crippen LogP contribution is -2.49. The highest BCUT2D eigenvalue weighted by atomic mass is 35.5. The molecule has 37 heavy (non-hydrogen) atoms. The van der Waals surface area contributed by atoms with E-state index in [1.165, 1.54) is 0 Å². The minimum absolute atomic E-state index is 0.0679. The second-order valence-electron chi connectivity index (χ2n) is 11.3. The van der Waals surface area contributed by atoms with Crippen LogP contribution in [0.5, 0.6) is 5.75 Å². The number of benzene rings is 2. The number of carboxylic acid groups (broad SMARTS) is 1. The Kier molecular flexibility index (Phi) is 8.49. The van der Waals surface area contributed by atoms with Gasteiger partial charge in [-0.3, -0.25) is 4.79 Å². The van der Waals surface area contributed by atoms with Crippen LogP contribution in [0, 0.1) is 17.3 Å². The molecule has 1 amide bonds. The van der Waals surface area contributed by atoms with Crippen LogP contribution in [0.15, 0.2) is 48.5 Å². The van der Waals surface area contributed by atoms with Crippen LogP contribution >= 0.6 is 11.6 Å². The number of carboxylic acids is 1. The van der Waals surface area contributed by atoms with E-state index in [1.54, 1.807) is 30.2 Å². The molecule has 1 saturated carbocycles. The molecule has 7 heteroatoms. The summed E-state index contributed by atoms with van der Waals surface area (Å²) in [5, 5.41) is 11.1. The Bertz CT molecular complexity index is 1090. The minimum atomic E-state index is -0.995. The molecule has 1 unspecified atom stereocenters. The van der Waals surface area contributed by atoms with E-state index >= 15 is 0 Å². The molecular formula is C30H38ClNO5. The van der Waals surface area contributed by atoms with Crippen molar-refractivity contribution in [1.82, 2.24) is 4.90 Å². The number of carbonyl (C=O) groups excluding carboxylic acids is 1. The van der Waals surface area contributed by atoms with Crippen molar-refractivity contribution >= 4 is 23.5 Å². The van der Waals surface area contributed by atoms with Gasteiger partial charge in [0.05, 0.1) is 25.9 Å². The maximum absolute atomic E-state index is 14.1. The highest BCUT2D eigenvalue weighted by Gasteiger charge is 2.59. The summed E-state index contributed by atoms with van der Waals surface area (Å²) in [5.41, 5.74) is 1.21. The Morgan fingerprint density at radius 1 is 1.05 bits per heavy atom. The molecule has 4 rings (SSSR count). The molecule has 1 heterocycles. The van der Waals surface area contributed by atoms with Crippen molar-refractivity contribution in [3.05, 3.63) is 64.7 Å². The Morgan fingerprint density at radius 3 is 2.32 bits per heavy atom. The zero-order chi connectivity index (χ0) is 26.7. The Morgan fingerprint density at radius 2 is 1.73 bits per heavy atom. The van der Waals surface area contributed by atoms with Crippen LogP contribution in [0.4, 0.5) is 0 Å². The van der Waals surface area contributed by atoms with E-state index in [0.717, 1.165) is 43.2 Å². The number of hydrogen-bond donors (Lipinski definition) is 1. The van der Waals surface area contributed by atoms with E-state index in [1.807, 2.05) is 51.1 Å². The Balaban J connectivity index is 1.80. The summed E-state index contributed by atoms with van der Waals surface area (Å²) in [6, 6.07) is 13.5. The first-order valence-corrected chi connectivity index (χ1v) is 13.5. The van der Waals surface area contributed by atoms with Gasteiger partial charge in [-0.25, -0.2) is 4.79 Å². The minimum Gasteiger partial charge on any atom is -0.496 e. The Hall–Kier alpha value is -2.57. The Labute approximate surface area is 224 Å². The summed E-state index contributed by atoms with van der Waals surface area (Å²) >= 11 is 6.27. The summed E-state index contributed by atoms with van der Waals surface area (Å²) in [4.78, 5) is 28.7. The molecule has 200 valence electrons. The second kappa shape index (κ2) is 11.4. The van der Waals surface area contributed by atoms with Gasteiger partial charge in [-0.1, -0.05) is 82.0 Å². The molecule has 1 aliphatic heterocycles. The van der Waals surface area contributed by atoms with Crippen molar-refractivity contribution < 1.29 is 24.2 Å². The summed E-state index contributed by atoms with van der Waals surface area (Å²) in [6.07, 6.45) is 4.17. The van der Waals surface area contributed by atoms with Gasteiger partial charge in [0.15, 0.2) is 0 Å². The van der Waals surface area contributed by atoms with E-state index in [-0.39, 0.29) is 18.4 Å². The smallest absolute Gasteiger partial charge is 0.326 e. The van der Waals surface area contributed by atoms with Crippen LogP contribution in [-0.2, 0) is 20.9 Å². The molecule has 2 aromatic carbocycles. The SMILES string of the molecule is COc1ccc(Cl)cc1COC1[C@@H](c2ccccc2)N(C(=O)C2CCCCC2)[C@@H](C(=O)O)[C@@H]1C(C)(C)C. The van der Waals surface area contributed by atoms with E-state index < -0.39 is 35.5 Å². The number of carbonyl (C=O) groups is 2. The fourth-order valence-corrected chi connectivity index (χ4v) is 6.39. The molecule has 0 bridgehead atoms. The van der Waals surface area contributed by atoms with Gasteiger partial charge >= 0.3 is 5.97 Å². The highest BCUT2D eigenvalue weighted by Crippen LogP contribution is 2.50. The lowest BCUT2D eigenvalue weighted by atomic mass is 9.73. The van der Waals surface area contributed by atoms with Gasteiger partial charge in [-0.2, -0.15) is 0 Å². The van der Waals surface area contributed by atoms with Crippen LogP contribution < -0.4 is 4.74 Å². The van der Waals surface area contributed by atoms with E-state index in [0.29, 0.717) is 10.8 Å². The van der Waals surface area contributed by atoms with Gasteiger partial charge in [0.2, 0.25) is 5.91 Å². The standard InChI is InChI=1S/C30H38ClNO5/c1-30(2,3)24-26(29(34)35)32(28(33)20-13-9-6-10-14-20)25(19-11-7-5-8-12-19)27(24)37-18-21-17-22(31)15-16-23(21)36-4/h5,7-8,11-12,15-17,20,24-27H,6,9-10,13-14,18H2,1-4H3,(H,34,35)/t24-,25+,26+,27?/m0/s1. The number of hydrogen-bond acceptors (Lipinski definition) is 4. The summed E-state index contributed by atoms with van der Waals surface area (Å²) < 4.78 is 12.2. The summed E-state index contributed by atoms with van der Waals surface area (Å²) in [5.74, 6) is -1.00. The quantitative estimate of drug-likeness (QED) is 0.444. The van der Waals surface area contributed by atoms with Crippen molar-refractivity contribution in [2.24, 2.45) is 17.3 Å². The molecule has 2 aliphatic rings. The number of likely N-dealkylation sites (tertiary alicyclic amines) is 1. The molecule has 2 aromatic rings. The monoisotopic (exact) mass is 527 g/mol. The molecule has 1 aliphatic carbocycles. The number of amides is 1. The third-order valence-corrected chi connectivity index (χ3v) is 8.12. The van der Waals surface area contributed by atoms with Gasteiger partial charge in [-0.15, -0.1) is 0 Å². The maximum atomic E-state index is 14.1. The fourth-order valence-electron chi connectivity index (χ4n) is 6.20. The molecule has 1 N–H and O–H groups in total. The van der Waals surface area contributed by atoms with Crippen molar-refractivity contribution in [2.45, 2.75) is 77.7 Å². The number of methoxy groups -OCH3 is 1. The normalized spacial score (nSPS) is 24.7. The molecule has 4 atom stereocenters. The number of rotatable bonds is 7. The first-order chi connectivity index (χ1) is 17.6. The van der Waals surface area contributed by atoms with Gasteiger partial charge in [0.25, 0.3) is 0 Å². The number of aliphatic carboxylic acids is 1. The highest BCUT2D eigenvalue weighted by molar-refractivity contribution is 6.30. The average Bonchev–Trinajstić information content (AvgIpc) is 3.24. The lowest BCUT2D eigenvalue weighted by molar-refractivity contribution is -0.154. The van der Waals surface area contributed by atoms with E-state index in [4.69, 9.17) is 21.1 Å². The predicted molar refractivity (Wildman–Crippen MR) is 144 cm³/mol. The third-order valence-electron chi connectivity index (χ3n) is 7.88. The van der Waals surface area contributed by atoms with Crippen molar-refractivity contribution in [3.63, 3.8) is 0 Å². The first-order valence-electron chi connectivity index (χ1n) is 13.2. The van der Waals surface area contributed by atoms with Gasteiger partial charge in [-0.05, 0) is 42.0 Å². The van der Waals surface area contributed by atoms with Crippen molar-refractivity contribution in [3.8, 4) is 5.75 Å². The second-order valence-corrected chi connectivity index (χ2v) is 11.8. The number of nitrogens with zero attached hydrogens (tertiary/aromatic N) is 1. The predicted octanol–water partition coefficient (Wildman–Crippen LogP) is 6.51. The van der Waals surface area contributed by atoms with Gasteiger partial charge in [0.1, 0.15) is 11.8 Å².